The second-order valence-electron chi connectivity index (χ2n) is 2.43. The van der Waals surface area contributed by atoms with E-state index in [0.717, 1.165) is 6.20 Å². The van der Waals surface area contributed by atoms with Crippen LogP contribution in [-0.4, -0.2) is 19.9 Å². The molecule has 70 valence electrons. The minimum absolute atomic E-state index is 0.0212. The van der Waals surface area contributed by atoms with Crippen LogP contribution in [0, 0.1) is 5.82 Å². The Balaban J connectivity index is 2.57. The van der Waals surface area contributed by atoms with Gasteiger partial charge in [0.25, 0.3) is 0 Å². The third-order valence-corrected chi connectivity index (χ3v) is 1.70. The standard InChI is InChI=1S/C8H4ClFN4/c9-8-13-3-5(10)7(14-8)6-4-11-1-2-12-6/h1-4H. The van der Waals surface area contributed by atoms with E-state index in [1.807, 2.05) is 0 Å². The maximum absolute atomic E-state index is 13.2. The Morgan fingerprint density at radius 3 is 2.71 bits per heavy atom. The number of aromatic nitrogens is 4. The van der Waals surface area contributed by atoms with E-state index in [4.69, 9.17) is 11.6 Å². The fourth-order valence-corrected chi connectivity index (χ4v) is 1.08. The lowest BCUT2D eigenvalue weighted by atomic mass is 10.3. The van der Waals surface area contributed by atoms with E-state index < -0.39 is 5.82 Å². The van der Waals surface area contributed by atoms with Gasteiger partial charge in [0.2, 0.25) is 5.28 Å². The monoisotopic (exact) mass is 210 g/mol. The Morgan fingerprint density at radius 1 is 1.14 bits per heavy atom. The zero-order valence-corrected chi connectivity index (χ0v) is 7.61. The summed E-state index contributed by atoms with van der Waals surface area (Å²) >= 11 is 5.53. The normalized spacial score (nSPS) is 10.1. The average Bonchev–Trinajstić information content (AvgIpc) is 2.23. The van der Waals surface area contributed by atoms with Crippen molar-refractivity contribution in [3.8, 4) is 11.4 Å². The Bertz CT molecular complexity index is 448. The van der Waals surface area contributed by atoms with Gasteiger partial charge in [-0.3, -0.25) is 9.97 Å². The van der Waals surface area contributed by atoms with E-state index in [1.165, 1.54) is 18.6 Å². The fourth-order valence-electron chi connectivity index (χ4n) is 0.947. The van der Waals surface area contributed by atoms with E-state index >= 15 is 0 Å². The highest BCUT2D eigenvalue weighted by Crippen LogP contribution is 2.17. The third kappa shape index (κ3) is 1.67. The van der Waals surface area contributed by atoms with Gasteiger partial charge in [-0.25, -0.2) is 14.4 Å². The first-order chi connectivity index (χ1) is 6.77. The summed E-state index contributed by atoms with van der Waals surface area (Å²) in [4.78, 5) is 14.9. The van der Waals surface area contributed by atoms with Gasteiger partial charge in [0.15, 0.2) is 5.82 Å². The maximum Gasteiger partial charge on any atom is 0.223 e. The first-order valence-corrected chi connectivity index (χ1v) is 4.09. The molecule has 0 aliphatic carbocycles. The molecule has 0 spiro atoms. The van der Waals surface area contributed by atoms with Crippen molar-refractivity contribution in [2.24, 2.45) is 0 Å². The van der Waals surface area contributed by atoms with E-state index in [9.17, 15) is 4.39 Å². The van der Waals surface area contributed by atoms with Crippen LogP contribution in [0.1, 0.15) is 0 Å². The molecule has 2 aromatic heterocycles. The smallest absolute Gasteiger partial charge is 0.223 e. The molecule has 0 N–H and O–H groups in total. The summed E-state index contributed by atoms with van der Waals surface area (Å²) in [5.74, 6) is -0.574. The minimum atomic E-state index is -0.574. The Hall–Kier alpha value is -1.62. The quantitative estimate of drug-likeness (QED) is 0.673. The molecule has 6 heteroatoms. The van der Waals surface area contributed by atoms with Crippen LogP contribution in [0.5, 0.6) is 0 Å². The molecule has 14 heavy (non-hydrogen) atoms. The highest BCUT2D eigenvalue weighted by Gasteiger charge is 2.09. The maximum atomic E-state index is 13.2. The van der Waals surface area contributed by atoms with Gasteiger partial charge in [0, 0.05) is 12.4 Å². The van der Waals surface area contributed by atoms with E-state index in [2.05, 4.69) is 19.9 Å². The van der Waals surface area contributed by atoms with Crippen molar-refractivity contribution in [1.82, 2.24) is 19.9 Å². The first kappa shape index (κ1) is 8.96. The van der Waals surface area contributed by atoms with Crippen LogP contribution >= 0.6 is 11.6 Å². The van der Waals surface area contributed by atoms with Gasteiger partial charge in [-0.1, -0.05) is 0 Å². The summed E-state index contributed by atoms with van der Waals surface area (Å²) in [5, 5.41) is -0.0212. The predicted molar refractivity (Wildman–Crippen MR) is 48.0 cm³/mol. The molecule has 4 nitrogen and oxygen atoms in total. The van der Waals surface area contributed by atoms with Crippen LogP contribution in [0.15, 0.2) is 24.8 Å². The van der Waals surface area contributed by atoms with Gasteiger partial charge in [-0.2, -0.15) is 0 Å². The van der Waals surface area contributed by atoms with E-state index in [-0.39, 0.29) is 11.0 Å². The topological polar surface area (TPSA) is 51.6 Å². The van der Waals surface area contributed by atoms with Crippen molar-refractivity contribution in [2.45, 2.75) is 0 Å². The van der Waals surface area contributed by atoms with Gasteiger partial charge in [0.1, 0.15) is 11.4 Å². The molecule has 0 saturated heterocycles. The SMILES string of the molecule is Fc1cnc(Cl)nc1-c1cnccn1. The van der Waals surface area contributed by atoms with Crippen LogP contribution in [0.25, 0.3) is 11.4 Å². The molecule has 0 fully saturated rings. The molecule has 0 amide bonds. The van der Waals surface area contributed by atoms with E-state index in [1.54, 1.807) is 0 Å². The van der Waals surface area contributed by atoms with Crippen molar-refractivity contribution in [3.63, 3.8) is 0 Å². The molecule has 0 radical (unpaired) electrons. The number of halogens is 2. The van der Waals surface area contributed by atoms with Crippen LogP contribution in [0.3, 0.4) is 0 Å². The predicted octanol–water partition coefficient (Wildman–Crippen LogP) is 1.73. The third-order valence-electron chi connectivity index (χ3n) is 1.52. The summed E-state index contributed by atoms with van der Waals surface area (Å²) in [7, 11) is 0. The molecular weight excluding hydrogens is 207 g/mol. The summed E-state index contributed by atoms with van der Waals surface area (Å²) in [6.45, 7) is 0. The fraction of sp³-hybridized carbons (Fsp3) is 0. The summed E-state index contributed by atoms with van der Waals surface area (Å²) in [6.07, 6.45) is 5.34. The van der Waals surface area contributed by atoms with Crippen LogP contribution in [-0.2, 0) is 0 Å². The second-order valence-corrected chi connectivity index (χ2v) is 2.76. The molecule has 0 saturated carbocycles. The van der Waals surface area contributed by atoms with Gasteiger partial charge < -0.3 is 0 Å². The lowest BCUT2D eigenvalue weighted by Crippen LogP contribution is -1.94. The molecule has 2 rings (SSSR count). The molecular formula is C8H4ClFN4. The summed E-state index contributed by atoms with van der Waals surface area (Å²) < 4.78 is 13.2. The van der Waals surface area contributed by atoms with Gasteiger partial charge in [0.05, 0.1) is 12.4 Å². The van der Waals surface area contributed by atoms with Crippen molar-refractivity contribution in [1.29, 1.82) is 0 Å². The highest BCUT2D eigenvalue weighted by molar-refractivity contribution is 6.28. The van der Waals surface area contributed by atoms with Crippen LogP contribution in [0.2, 0.25) is 5.28 Å². The molecule has 0 aliphatic rings. The number of nitrogens with zero attached hydrogens (tertiary/aromatic N) is 4. The van der Waals surface area contributed by atoms with Crippen LogP contribution in [0.4, 0.5) is 4.39 Å². The Morgan fingerprint density at radius 2 is 2.00 bits per heavy atom. The van der Waals surface area contributed by atoms with E-state index in [0.29, 0.717) is 5.69 Å². The van der Waals surface area contributed by atoms with Crippen molar-refractivity contribution < 1.29 is 4.39 Å². The van der Waals surface area contributed by atoms with Crippen LogP contribution < -0.4 is 0 Å². The zero-order valence-electron chi connectivity index (χ0n) is 6.85. The highest BCUT2D eigenvalue weighted by atomic mass is 35.5. The lowest BCUT2D eigenvalue weighted by molar-refractivity contribution is 0.617. The minimum Gasteiger partial charge on any atom is -0.261 e. The lowest BCUT2D eigenvalue weighted by Gasteiger charge is -1.99. The van der Waals surface area contributed by atoms with Crippen molar-refractivity contribution >= 4 is 11.6 Å². The van der Waals surface area contributed by atoms with Crippen molar-refractivity contribution in [3.05, 3.63) is 35.9 Å². The Labute approximate surface area is 83.8 Å². The largest absolute Gasteiger partial charge is 0.261 e. The summed E-state index contributed by atoms with van der Waals surface area (Å²) in [6, 6.07) is 0. The molecule has 0 aliphatic heterocycles. The van der Waals surface area contributed by atoms with Crippen molar-refractivity contribution in [2.75, 3.05) is 0 Å². The molecule has 0 bridgehead atoms. The molecule has 0 aromatic carbocycles. The first-order valence-electron chi connectivity index (χ1n) is 3.72. The number of hydrogen-bond acceptors (Lipinski definition) is 4. The molecule has 0 unspecified atom stereocenters. The zero-order chi connectivity index (χ0) is 9.97. The second kappa shape index (κ2) is 3.63. The summed E-state index contributed by atoms with van der Waals surface area (Å²) in [5.41, 5.74) is 0.382. The molecule has 0 atom stereocenters. The molecule has 2 aromatic rings. The Kier molecular flexibility index (Phi) is 2.32. The number of rotatable bonds is 1. The average molecular weight is 211 g/mol. The molecule has 2 heterocycles. The van der Waals surface area contributed by atoms with Gasteiger partial charge in [-0.15, -0.1) is 0 Å². The number of hydrogen-bond donors (Lipinski definition) is 0. The van der Waals surface area contributed by atoms with Gasteiger partial charge >= 0.3 is 0 Å². The van der Waals surface area contributed by atoms with Gasteiger partial charge in [-0.05, 0) is 11.6 Å².